The van der Waals surface area contributed by atoms with Gasteiger partial charge in [-0.1, -0.05) is 0 Å². The monoisotopic (exact) mass is 361 g/mol. The summed E-state index contributed by atoms with van der Waals surface area (Å²) in [6.07, 6.45) is -2.17. The van der Waals surface area contributed by atoms with Gasteiger partial charge in [-0.05, 0) is 70.9 Å². The minimum absolute atomic E-state index is 0.102. The summed E-state index contributed by atoms with van der Waals surface area (Å²) in [5.41, 5.74) is 0.164. The fourth-order valence-electron chi connectivity index (χ4n) is 3.08. The van der Waals surface area contributed by atoms with E-state index in [0.29, 0.717) is 11.8 Å². The maximum atomic E-state index is 12.7. The average Bonchev–Trinajstić information content (AvgIpc) is 2.84. The summed E-state index contributed by atoms with van der Waals surface area (Å²) in [5.74, 6) is -3.37. The van der Waals surface area contributed by atoms with Crippen LogP contribution in [0.15, 0.2) is 0 Å². The van der Waals surface area contributed by atoms with Crippen LogP contribution in [0.2, 0.25) is 0 Å². The summed E-state index contributed by atoms with van der Waals surface area (Å²) in [5, 5.41) is 0. The average molecular weight is 361 g/mol. The molecule has 0 unspecified atom stereocenters. The molecule has 0 spiro atoms. The van der Waals surface area contributed by atoms with Crippen LogP contribution in [-0.2, 0) is 0 Å². The Bertz CT molecular complexity index is 351. The van der Waals surface area contributed by atoms with Crippen LogP contribution in [0.1, 0.15) is 59.3 Å². The maximum Gasteiger partial charge on any atom is 0.453 e. The van der Waals surface area contributed by atoms with Gasteiger partial charge in [0.1, 0.15) is 0 Å². The fraction of sp³-hybridized carbons (Fsp3) is 1.00. The summed E-state index contributed by atoms with van der Waals surface area (Å²) >= 11 is 1.48. The van der Waals surface area contributed by atoms with Crippen molar-refractivity contribution in [2.45, 2.75) is 83.0 Å². The third-order valence-electron chi connectivity index (χ3n) is 4.26. The molecule has 7 heteroatoms. The molecule has 0 aromatic heterocycles. The predicted molar refractivity (Wildman–Crippen MR) is 86.3 cm³/mol. The molecule has 0 aliphatic carbocycles. The normalized spacial score (nSPS) is 21.1. The zero-order valence-electron chi connectivity index (χ0n) is 14.2. The van der Waals surface area contributed by atoms with E-state index in [0.717, 1.165) is 25.1 Å². The van der Waals surface area contributed by atoms with Gasteiger partial charge in [-0.3, -0.25) is 4.90 Å². The molecule has 138 valence electrons. The topological polar surface area (TPSA) is 3.24 Å². The van der Waals surface area contributed by atoms with E-state index < -0.39 is 18.5 Å². The Kier molecular flexibility index (Phi) is 7.64. The summed E-state index contributed by atoms with van der Waals surface area (Å²) < 4.78 is 61.5. The number of rotatable bonds is 8. The number of hydrogen-bond donors (Lipinski definition) is 0. The van der Waals surface area contributed by atoms with Crippen LogP contribution in [0, 0.1) is 0 Å². The number of alkyl halides is 5. The Hall–Kier alpha value is -0.0400. The number of likely N-dealkylation sites (tertiary alicyclic amines) is 1. The van der Waals surface area contributed by atoms with Crippen molar-refractivity contribution in [3.8, 4) is 0 Å². The highest BCUT2D eigenvalue weighted by Crippen LogP contribution is 2.39. The molecule has 1 atom stereocenters. The molecule has 1 aliphatic rings. The Balaban J connectivity index is 2.12. The van der Waals surface area contributed by atoms with Crippen molar-refractivity contribution in [2.75, 3.05) is 18.1 Å². The molecule has 0 aromatic rings. The highest BCUT2D eigenvalue weighted by atomic mass is 32.2. The quantitative estimate of drug-likeness (QED) is 0.401. The van der Waals surface area contributed by atoms with E-state index in [1.54, 1.807) is 0 Å². The minimum Gasteiger partial charge on any atom is -0.296 e. The Morgan fingerprint density at radius 2 is 1.61 bits per heavy atom. The van der Waals surface area contributed by atoms with Gasteiger partial charge in [0.25, 0.3) is 0 Å². The van der Waals surface area contributed by atoms with Crippen LogP contribution in [0.3, 0.4) is 0 Å². The predicted octanol–water partition coefficient (Wildman–Crippen LogP) is 5.74. The molecular formula is C16H28F5NS. The largest absolute Gasteiger partial charge is 0.453 e. The first kappa shape index (κ1) is 21.0. The van der Waals surface area contributed by atoms with Gasteiger partial charge < -0.3 is 0 Å². The van der Waals surface area contributed by atoms with Gasteiger partial charge in [0, 0.05) is 18.0 Å². The Labute approximate surface area is 140 Å². The maximum absolute atomic E-state index is 12.7. The Morgan fingerprint density at radius 3 is 2.17 bits per heavy atom. The number of hydrogen-bond acceptors (Lipinski definition) is 2. The minimum atomic E-state index is -5.42. The van der Waals surface area contributed by atoms with E-state index in [4.69, 9.17) is 0 Å². The van der Waals surface area contributed by atoms with Crippen molar-refractivity contribution >= 4 is 11.8 Å². The first-order valence-corrected chi connectivity index (χ1v) is 9.40. The van der Waals surface area contributed by atoms with Gasteiger partial charge >= 0.3 is 12.1 Å². The molecular weight excluding hydrogens is 333 g/mol. The van der Waals surface area contributed by atoms with Crippen molar-refractivity contribution in [3.63, 3.8) is 0 Å². The van der Waals surface area contributed by atoms with E-state index in [2.05, 4.69) is 25.7 Å². The van der Waals surface area contributed by atoms with Gasteiger partial charge in [-0.2, -0.15) is 33.7 Å². The summed E-state index contributed by atoms with van der Waals surface area (Å²) in [7, 11) is 0. The molecule has 0 aromatic carbocycles. The SMILES string of the molecule is CC(C)(C)N1CCC[C@H]1CCCSCCCC(F)(F)C(F)(F)F. The van der Waals surface area contributed by atoms with Crippen LogP contribution >= 0.6 is 11.8 Å². The molecule has 1 aliphatic heterocycles. The standard InChI is InChI=1S/C16H28F5NS/c1-14(2,3)22-10-4-7-13(22)8-5-11-23-12-6-9-15(17,18)16(19,20)21/h13H,4-12H2,1-3H3/t13-/m0/s1. The molecule has 0 N–H and O–H groups in total. The third-order valence-corrected chi connectivity index (χ3v) is 5.41. The van der Waals surface area contributed by atoms with Gasteiger partial charge in [0.15, 0.2) is 0 Å². The zero-order chi connectivity index (χ0) is 17.7. The van der Waals surface area contributed by atoms with Crippen molar-refractivity contribution in [1.29, 1.82) is 0 Å². The van der Waals surface area contributed by atoms with Gasteiger partial charge in [-0.15, -0.1) is 0 Å². The van der Waals surface area contributed by atoms with Crippen molar-refractivity contribution in [3.05, 3.63) is 0 Å². The van der Waals surface area contributed by atoms with E-state index in [9.17, 15) is 22.0 Å². The van der Waals surface area contributed by atoms with Crippen LogP contribution < -0.4 is 0 Å². The second-order valence-corrected chi connectivity index (χ2v) is 8.45. The third kappa shape index (κ3) is 6.77. The van der Waals surface area contributed by atoms with Crippen LogP contribution in [0.25, 0.3) is 0 Å². The second kappa shape index (κ2) is 8.37. The lowest BCUT2D eigenvalue weighted by Crippen LogP contribution is -2.44. The summed E-state index contributed by atoms with van der Waals surface area (Å²) in [6, 6.07) is 0.574. The number of nitrogens with zero attached hydrogens (tertiary/aromatic N) is 1. The molecule has 1 rings (SSSR count). The molecule has 1 saturated heterocycles. The summed E-state index contributed by atoms with van der Waals surface area (Å²) in [4.78, 5) is 2.52. The summed E-state index contributed by atoms with van der Waals surface area (Å²) in [6.45, 7) is 7.75. The van der Waals surface area contributed by atoms with E-state index in [1.165, 1.54) is 24.6 Å². The lowest BCUT2D eigenvalue weighted by molar-refractivity contribution is -0.284. The molecule has 1 nitrogen and oxygen atoms in total. The number of halogens is 5. The fourth-order valence-corrected chi connectivity index (χ4v) is 4.00. The van der Waals surface area contributed by atoms with Crippen LogP contribution in [0.4, 0.5) is 22.0 Å². The van der Waals surface area contributed by atoms with Crippen molar-refractivity contribution < 1.29 is 22.0 Å². The van der Waals surface area contributed by atoms with Crippen molar-refractivity contribution in [1.82, 2.24) is 4.90 Å². The van der Waals surface area contributed by atoms with E-state index in [1.807, 2.05) is 0 Å². The van der Waals surface area contributed by atoms with Crippen LogP contribution in [0.5, 0.6) is 0 Å². The smallest absolute Gasteiger partial charge is 0.296 e. The number of thioether (sulfide) groups is 1. The molecule has 0 radical (unpaired) electrons. The molecule has 23 heavy (non-hydrogen) atoms. The van der Waals surface area contributed by atoms with Crippen molar-refractivity contribution in [2.24, 2.45) is 0 Å². The molecule has 1 heterocycles. The molecule has 1 fully saturated rings. The second-order valence-electron chi connectivity index (χ2n) is 7.22. The lowest BCUT2D eigenvalue weighted by atomic mass is 10.0. The molecule has 0 saturated carbocycles. The highest BCUT2D eigenvalue weighted by molar-refractivity contribution is 7.99. The highest BCUT2D eigenvalue weighted by Gasteiger charge is 2.56. The van der Waals surface area contributed by atoms with Gasteiger partial charge in [0.2, 0.25) is 0 Å². The van der Waals surface area contributed by atoms with Gasteiger partial charge in [-0.25, -0.2) is 0 Å². The van der Waals surface area contributed by atoms with Gasteiger partial charge in [0.05, 0.1) is 0 Å². The molecule has 0 amide bonds. The zero-order valence-corrected chi connectivity index (χ0v) is 15.0. The lowest BCUT2D eigenvalue weighted by Gasteiger charge is -2.37. The van der Waals surface area contributed by atoms with Crippen LogP contribution in [-0.4, -0.2) is 46.6 Å². The Morgan fingerprint density at radius 1 is 1.00 bits per heavy atom. The van der Waals surface area contributed by atoms with E-state index in [-0.39, 0.29) is 12.0 Å². The van der Waals surface area contributed by atoms with E-state index >= 15 is 0 Å². The first-order chi connectivity index (χ1) is 10.5. The first-order valence-electron chi connectivity index (χ1n) is 8.24. The molecule has 0 bridgehead atoms.